The molecule has 2 unspecified atom stereocenters. The summed E-state index contributed by atoms with van der Waals surface area (Å²) in [6, 6.07) is -1.88. The van der Waals surface area contributed by atoms with Crippen molar-refractivity contribution in [2.75, 3.05) is 44.8 Å². The molecule has 2 amide bonds. The molecule has 16 heteroatoms. The van der Waals surface area contributed by atoms with Crippen molar-refractivity contribution in [3.05, 3.63) is 18.0 Å². The van der Waals surface area contributed by atoms with Crippen molar-refractivity contribution in [1.29, 1.82) is 0 Å². The molecule has 208 valence electrons. The number of ether oxygens (including phenoxy) is 1. The van der Waals surface area contributed by atoms with Gasteiger partial charge in [-0.25, -0.2) is 15.4 Å². The Labute approximate surface area is 209 Å². The number of aromatic nitrogens is 2. The number of piperidine rings is 1. The smallest absolute Gasteiger partial charge is 0.370 e. The minimum absolute atomic E-state index is 0.0496. The van der Waals surface area contributed by atoms with Crippen LogP contribution in [0.5, 0.6) is 0 Å². The fourth-order valence-corrected chi connectivity index (χ4v) is 4.28. The first-order valence-corrected chi connectivity index (χ1v) is 11.6. The first-order valence-electron chi connectivity index (χ1n) is 11.6. The molecule has 2 aliphatic rings. The van der Waals surface area contributed by atoms with Gasteiger partial charge in [-0.2, -0.15) is 26.3 Å². The van der Waals surface area contributed by atoms with Crippen LogP contribution in [-0.2, 0) is 20.5 Å². The zero-order valence-corrected chi connectivity index (χ0v) is 20.2. The summed E-state index contributed by atoms with van der Waals surface area (Å²) >= 11 is 0. The van der Waals surface area contributed by atoms with Crippen LogP contribution in [-0.4, -0.2) is 90.9 Å². The number of carbonyl (C=O) groups is 2. The summed E-state index contributed by atoms with van der Waals surface area (Å²) in [6.45, 7) is 2.02. The summed E-state index contributed by atoms with van der Waals surface area (Å²) in [5.41, 5.74) is 3.47. The van der Waals surface area contributed by atoms with Gasteiger partial charge < -0.3 is 19.9 Å². The normalized spacial score (nSPS) is 22.5. The zero-order chi connectivity index (χ0) is 27.4. The van der Waals surface area contributed by atoms with Gasteiger partial charge in [0.15, 0.2) is 5.92 Å². The van der Waals surface area contributed by atoms with E-state index in [1.54, 1.807) is 18.9 Å². The van der Waals surface area contributed by atoms with E-state index in [2.05, 4.69) is 20.7 Å². The maximum absolute atomic E-state index is 13.2. The van der Waals surface area contributed by atoms with Crippen molar-refractivity contribution < 1.29 is 40.7 Å². The maximum atomic E-state index is 13.2. The molecule has 0 spiro atoms. The highest BCUT2D eigenvalue weighted by Crippen LogP contribution is 2.31. The lowest BCUT2D eigenvalue weighted by molar-refractivity contribution is -0.193. The van der Waals surface area contributed by atoms with Crippen LogP contribution in [0.25, 0.3) is 0 Å². The highest BCUT2D eigenvalue weighted by Gasteiger charge is 2.51. The van der Waals surface area contributed by atoms with Crippen LogP contribution in [0.15, 0.2) is 12.4 Å². The molecule has 0 bridgehead atoms. The van der Waals surface area contributed by atoms with Gasteiger partial charge in [-0.05, 0) is 19.8 Å². The van der Waals surface area contributed by atoms with E-state index in [0.717, 1.165) is 12.4 Å². The number of hydrogen-bond donors (Lipinski definition) is 3. The first kappa shape index (κ1) is 28.8. The van der Waals surface area contributed by atoms with Crippen LogP contribution in [0.1, 0.15) is 25.3 Å². The molecule has 37 heavy (non-hydrogen) atoms. The molecule has 0 aromatic carbocycles. The average molecular weight is 541 g/mol. The molecular weight excluding hydrogens is 512 g/mol. The third-order valence-electron chi connectivity index (χ3n) is 6.32. The molecule has 3 atom stereocenters. The SMILES string of the molecule is C[C@@H](COCC(=O)N(C)C1CCN(c2ncc(C(F)(F)F)cn2)CC1)NC1CNNC(=O)C1C(F)(F)F. The van der Waals surface area contributed by atoms with E-state index in [-0.39, 0.29) is 37.7 Å². The average Bonchev–Trinajstić information content (AvgIpc) is 2.82. The molecule has 1 aromatic rings. The van der Waals surface area contributed by atoms with E-state index < -0.39 is 41.8 Å². The Morgan fingerprint density at radius 3 is 2.41 bits per heavy atom. The van der Waals surface area contributed by atoms with Gasteiger partial charge in [0.2, 0.25) is 17.8 Å². The number of nitrogens with one attached hydrogen (secondary N) is 3. The number of alkyl halides is 6. The van der Waals surface area contributed by atoms with Gasteiger partial charge >= 0.3 is 12.4 Å². The predicted molar refractivity (Wildman–Crippen MR) is 118 cm³/mol. The summed E-state index contributed by atoms with van der Waals surface area (Å²) < 4.78 is 83.2. The largest absolute Gasteiger partial charge is 0.419 e. The molecule has 1 aromatic heterocycles. The van der Waals surface area contributed by atoms with Crippen molar-refractivity contribution in [3.8, 4) is 0 Å². The van der Waals surface area contributed by atoms with Gasteiger partial charge in [0.05, 0.1) is 12.2 Å². The summed E-state index contributed by atoms with van der Waals surface area (Å²) in [7, 11) is 1.61. The molecule has 3 N–H and O–H groups in total. The lowest BCUT2D eigenvalue weighted by atomic mass is 9.96. The second-order valence-corrected chi connectivity index (χ2v) is 9.07. The van der Waals surface area contributed by atoms with Crippen LogP contribution in [0.2, 0.25) is 0 Å². The summed E-state index contributed by atoms with van der Waals surface area (Å²) in [4.78, 5) is 35.1. The number of nitrogens with zero attached hydrogens (tertiary/aromatic N) is 4. The minimum Gasteiger partial charge on any atom is -0.370 e. The molecule has 0 saturated carbocycles. The van der Waals surface area contributed by atoms with Crippen molar-refractivity contribution in [3.63, 3.8) is 0 Å². The second kappa shape index (κ2) is 11.8. The Bertz CT molecular complexity index is 923. The summed E-state index contributed by atoms with van der Waals surface area (Å²) in [5, 5.41) is 2.73. The van der Waals surface area contributed by atoms with Gasteiger partial charge in [0.25, 0.3) is 0 Å². The lowest BCUT2D eigenvalue weighted by Gasteiger charge is -2.37. The molecule has 3 rings (SSSR count). The quantitative estimate of drug-likeness (QED) is 0.420. The van der Waals surface area contributed by atoms with Gasteiger partial charge in [-0.1, -0.05) is 0 Å². The lowest BCUT2D eigenvalue weighted by Crippen LogP contribution is -2.65. The van der Waals surface area contributed by atoms with Crippen LogP contribution < -0.4 is 21.1 Å². The van der Waals surface area contributed by atoms with Crippen LogP contribution in [0.4, 0.5) is 32.3 Å². The third kappa shape index (κ3) is 7.64. The Morgan fingerprint density at radius 2 is 1.84 bits per heavy atom. The van der Waals surface area contributed by atoms with Crippen molar-refractivity contribution >= 4 is 17.8 Å². The number of hydrazine groups is 1. The van der Waals surface area contributed by atoms with E-state index in [0.29, 0.717) is 25.9 Å². The Morgan fingerprint density at radius 1 is 1.22 bits per heavy atom. The van der Waals surface area contributed by atoms with E-state index >= 15 is 0 Å². The highest BCUT2D eigenvalue weighted by atomic mass is 19.4. The number of hydrogen-bond acceptors (Lipinski definition) is 8. The van der Waals surface area contributed by atoms with Crippen LogP contribution >= 0.6 is 0 Å². The molecule has 2 saturated heterocycles. The molecule has 2 fully saturated rings. The predicted octanol–water partition coefficient (Wildman–Crippen LogP) is 1.10. The molecule has 2 aliphatic heterocycles. The van der Waals surface area contributed by atoms with Crippen molar-refractivity contribution in [2.45, 2.75) is 50.2 Å². The summed E-state index contributed by atoms with van der Waals surface area (Å²) in [5.74, 6) is -3.51. The maximum Gasteiger partial charge on any atom is 0.419 e. The number of rotatable bonds is 8. The number of amides is 2. The van der Waals surface area contributed by atoms with E-state index in [1.807, 2.05) is 5.43 Å². The molecule has 10 nitrogen and oxygen atoms in total. The van der Waals surface area contributed by atoms with Gasteiger partial charge in [0.1, 0.15) is 6.61 Å². The first-order chi connectivity index (χ1) is 17.3. The highest BCUT2D eigenvalue weighted by molar-refractivity contribution is 5.80. The van der Waals surface area contributed by atoms with E-state index in [1.165, 1.54) is 4.90 Å². The molecule has 0 radical (unpaired) electrons. The Kier molecular flexibility index (Phi) is 9.18. The van der Waals surface area contributed by atoms with Crippen LogP contribution in [0.3, 0.4) is 0 Å². The Balaban J connectivity index is 1.40. The molecule has 3 heterocycles. The van der Waals surface area contributed by atoms with Crippen molar-refractivity contribution in [1.82, 2.24) is 31.0 Å². The monoisotopic (exact) mass is 541 g/mol. The number of anilines is 1. The number of carbonyl (C=O) groups excluding carboxylic acids is 2. The fraction of sp³-hybridized carbons (Fsp3) is 0.714. The Hall–Kier alpha value is -2.72. The van der Waals surface area contributed by atoms with Gasteiger partial charge in [0, 0.05) is 57.2 Å². The van der Waals surface area contributed by atoms with E-state index in [9.17, 15) is 35.9 Å². The second-order valence-electron chi connectivity index (χ2n) is 9.07. The van der Waals surface area contributed by atoms with Gasteiger partial charge in [-0.3, -0.25) is 15.0 Å². The molecular formula is C21H29F6N7O3. The number of likely N-dealkylation sites (N-methyl/N-ethyl adjacent to an activating group) is 1. The topological polar surface area (TPSA) is 112 Å². The fourth-order valence-electron chi connectivity index (χ4n) is 4.28. The number of halogens is 6. The molecule has 0 aliphatic carbocycles. The third-order valence-corrected chi connectivity index (χ3v) is 6.32. The standard InChI is InChI=1S/C21H29F6N7O3/c1-12(31-15-9-30-32-18(36)17(15)21(25,26)27)10-37-11-16(35)33(2)14-3-5-34(6-4-14)19-28-7-13(8-29-19)20(22,23)24/h7-8,12,14-15,17,30-31H,3-6,9-11H2,1-2H3,(H,32,36)/t12-,15?,17?/m0/s1. The minimum atomic E-state index is -4.71. The van der Waals surface area contributed by atoms with Gasteiger partial charge in [-0.15, -0.1) is 0 Å². The van der Waals surface area contributed by atoms with Crippen LogP contribution in [0, 0.1) is 5.92 Å². The summed E-state index contributed by atoms with van der Waals surface area (Å²) in [6.07, 6.45) is -6.67. The van der Waals surface area contributed by atoms with Crippen molar-refractivity contribution in [2.24, 2.45) is 5.92 Å². The zero-order valence-electron chi connectivity index (χ0n) is 20.2. The van der Waals surface area contributed by atoms with E-state index in [4.69, 9.17) is 4.74 Å².